The molecule has 0 atom stereocenters. The number of amides is 1. The fourth-order valence-electron chi connectivity index (χ4n) is 1.86. The molecule has 0 fully saturated rings. The molecule has 1 heterocycles. The van der Waals surface area contributed by atoms with Crippen molar-refractivity contribution in [2.75, 3.05) is 5.01 Å². The third kappa shape index (κ3) is 3.14. The number of halogens is 1. The number of carbonyl (C=O) groups excluding carboxylic acids is 1. The number of hydrogen-bond donors (Lipinski definition) is 2. The zero-order valence-corrected chi connectivity index (χ0v) is 13.1. The molecule has 0 unspecified atom stereocenters. The fraction of sp³-hybridized carbons (Fsp3) is 0.154. The van der Waals surface area contributed by atoms with Gasteiger partial charge in [-0.3, -0.25) is 14.9 Å². The summed E-state index contributed by atoms with van der Waals surface area (Å²) in [5.41, 5.74) is 9.75. The highest BCUT2D eigenvalue weighted by atomic mass is 35.5. The van der Waals surface area contributed by atoms with Crippen molar-refractivity contribution in [3.8, 4) is 0 Å². The van der Waals surface area contributed by atoms with Gasteiger partial charge < -0.3 is 5.73 Å². The van der Waals surface area contributed by atoms with Crippen LogP contribution in [-0.4, -0.2) is 20.8 Å². The van der Waals surface area contributed by atoms with Crippen molar-refractivity contribution in [2.24, 2.45) is 12.8 Å². The molecule has 6 nitrogen and oxygen atoms in total. The van der Waals surface area contributed by atoms with E-state index >= 15 is 0 Å². The van der Waals surface area contributed by atoms with Crippen LogP contribution < -0.4 is 16.2 Å². The number of nitrogens with one attached hydrogen (secondary N) is 1. The first-order valence-corrected chi connectivity index (χ1v) is 6.85. The Balaban J connectivity index is 2.30. The summed E-state index contributed by atoms with van der Waals surface area (Å²) >= 11 is 11.1. The summed E-state index contributed by atoms with van der Waals surface area (Å²) in [5.74, 6) is -0.445. The highest BCUT2D eigenvalue weighted by Crippen LogP contribution is 2.20. The molecule has 8 heteroatoms. The highest BCUT2D eigenvalue weighted by molar-refractivity contribution is 7.80. The van der Waals surface area contributed by atoms with Crippen LogP contribution in [0.15, 0.2) is 30.3 Å². The van der Waals surface area contributed by atoms with Gasteiger partial charge in [-0.2, -0.15) is 5.10 Å². The number of rotatable bonds is 2. The van der Waals surface area contributed by atoms with Gasteiger partial charge in [-0.05, 0) is 31.3 Å². The van der Waals surface area contributed by atoms with Gasteiger partial charge >= 0.3 is 0 Å². The molecule has 1 aromatic carbocycles. The summed E-state index contributed by atoms with van der Waals surface area (Å²) < 4.78 is 1.41. The molecule has 0 bridgehead atoms. The lowest BCUT2D eigenvalue weighted by Gasteiger charge is -2.23. The highest BCUT2D eigenvalue weighted by Gasteiger charge is 2.21. The van der Waals surface area contributed by atoms with Crippen molar-refractivity contribution in [2.45, 2.75) is 6.92 Å². The van der Waals surface area contributed by atoms with Crippen LogP contribution >= 0.6 is 23.8 Å². The number of hydrazine groups is 1. The van der Waals surface area contributed by atoms with Gasteiger partial charge in [0, 0.05) is 7.05 Å². The van der Waals surface area contributed by atoms with Gasteiger partial charge in [-0.25, -0.2) is 5.01 Å². The third-order valence-corrected chi connectivity index (χ3v) is 3.45. The second kappa shape index (κ2) is 6.11. The third-order valence-electron chi connectivity index (χ3n) is 2.81. The number of nitrogens with two attached hydrogens (primary N) is 1. The Morgan fingerprint density at radius 3 is 2.52 bits per heavy atom. The standard InChI is InChI=1S/C13H14ClN5OS/c1-8-10(14)11(18(2)16-8)12(20)17-19(13(15)21)9-6-4-3-5-7-9/h3-7H,1-2H3,(H2,15,21)(H,17,20). The second-order valence-electron chi connectivity index (χ2n) is 4.32. The molecule has 1 aromatic heterocycles. The average Bonchev–Trinajstić information content (AvgIpc) is 2.70. The molecule has 2 rings (SSSR count). The van der Waals surface area contributed by atoms with Crippen molar-refractivity contribution in [1.29, 1.82) is 0 Å². The van der Waals surface area contributed by atoms with E-state index in [0.29, 0.717) is 16.4 Å². The first-order chi connectivity index (χ1) is 9.91. The first-order valence-electron chi connectivity index (χ1n) is 6.06. The molecule has 0 aliphatic carbocycles. The van der Waals surface area contributed by atoms with Gasteiger partial charge in [0.1, 0.15) is 5.69 Å². The minimum absolute atomic E-state index is 0.0181. The Labute approximate surface area is 132 Å². The zero-order valence-electron chi connectivity index (χ0n) is 11.5. The van der Waals surface area contributed by atoms with Crippen LogP contribution in [0.1, 0.15) is 16.2 Å². The minimum atomic E-state index is -0.445. The summed E-state index contributed by atoms with van der Waals surface area (Å²) in [6, 6.07) is 9.03. The predicted octanol–water partition coefficient (Wildman–Crippen LogP) is 1.78. The number of benzene rings is 1. The molecular weight excluding hydrogens is 310 g/mol. The molecule has 0 saturated heterocycles. The quantitative estimate of drug-likeness (QED) is 0.651. The van der Waals surface area contributed by atoms with Gasteiger partial charge in [0.2, 0.25) is 0 Å². The average molecular weight is 324 g/mol. The summed E-state index contributed by atoms with van der Waals surface area (Å²) in [6.07, 6.45) is 0. The van der Waals surface area contributed by atoms with Crippen LogP contribution in [-0.2, 0) is 7.05 Å². The van der Waals surface area contributed by atoms with E-state index in [1.807, 2.05) is 18.2 Å². The van der Waals surface area contributed by atoms with Gasteiger partial charge in [0.25, 0.3) is 5.91 Å². The Morgan fingerprint density at radius 1 is 1.43 bits per heavy atom. The molecule has 2 aromatic rings. The Kier molecular flexibility index (Phi) is 4.44. The molecule has 0 aliphatic heterocycles. The largest absolute Gasteiger partial charge is 0.374 e. The van der Waals surface area contributed by atoms with E-state index in [2.05, 4.69) is 10.5 Å². The van der Waals surface area contributed by atoms with Crippen molar-refractivity contribution >= 4 is 40.5 Å². The molecule has 0 saturated carbocycles. The van der Waals surface area contributed by atoms with Gasteiger partial charge in [0.15, 0.2) is 5.11 Å². The molecule has 21 heavy (non-hydrogen) atoms. The Morgan fingerprint density at radius 2 is 2.05 bits per heavy atom. The summed E-state index contributed by atoms with van der Waals surface area (Å²) in [7, 11) is 1.64. The molecule has 0 spiro atoms. The number of thiocarbonyl (C=S) groups is 1. The number of para-hydroxylation sites is 1. The number of nitrogens with zero attached hydrogens (tertiary/aromatic N) is 3. The van der Waals surface area contributed by atoms with Crippen LogP contribution in [0, 0.1) is 6.92 Å². The maximum absolute atomic E-state index is 12.4. The zero-order chi connectivity index (χ0) is 15.6. The van der Waals surface area contributed by atoms with Gasteiger partial charge in [0.05, 0.1) is 16.4 Å². The lowest BCUT2D eigenvalue weighted by Crippen LogP contribution is -2.49. The number of carbonyl (C=O) groups is 1. The predicted molar refractivity (Wildman–Crippen MR) is 86.1 cm³/mol. The maximum atomic E-state index is 12.4. The first kappa shape index (κ1) is 15.3. The molecule has 0 aliphatic rings. The lowest BCUT2D eigenvalue weighted by molar-refractivity contribution is 0.0946. The van der Waals surface area contributed by atoms with Crippen LogP contribution in [0.5, 0.6) is 0 Å². The van der Waals surface area contributed by atoms with Crippen molar-refractivity contribution < 1.29 is 4.79 Å². The van der Waals surface area contributed by atoms with Crippen molar-refractivity contribution in [1.82, 2.24) is 15.2 Å². The van der Waals surface area contributed by atoms with E-state index in [1.165, 1.54) is 9.69 Å². The van der Waals surface area contributed by atoms with E-state index in [-0.39, 0.29) is 10.8 Å². The van der Waals surface area contributed by atoms with Crippen LogP contribution in [0.2, 0.25) is 5.02 Å². The van der Waals surface area contributed by atoms with Crippen LogP contribution in [0.4, 0.5) is 5.69 Å². The fourth-order valence-corrected chi connectivity index (χ4v) is 2.25. The monoisotopic (exact) mass is 323 g/mol. The van der Waals surface area contributed by atoms with Gasteiger partial charge in [-0.15, -0.1) is 0 Å². The van der Waals surface area contributed by atoms with Crippen molar-refractivity contribution in [3.63, 3.8) is 0 Å². The topological polar surface area (TPSA) is 76.2 Å². The second-order valence-corrected chi connectivity index (χ2v) is 5.12. The van der Waals surface area contributed by atoms with Crippen LogP contribution in [0.3, 0.4) is 0 Å². The van der Waals surface area contributed by atoms with E-state index in [0.717, 1.165) is 0 Å². The van der Waals surface area contributed by atoms with E-state index in [4.69, 9.17) is 29.6 Å². The van der Waals surface area contributed by atoms with E-state index in [9.17, 15) is 4.79 Å². The number of aryl methyl sites for hydroxylation is 2. The van der Waals surface area contributed by atoms with Gasteiger partial charge in [-0.1, -0.05) is 29.8 Å². The Bertz CT molecular complexity index is 685. The maximum Gasteiger partial charge on any atom is 0.289 e. The summed E-state index contributed by atoms with van der Waals surface area (Å²) in [4.78, 5) is 12.4. The summed E-state index contributed by atoms with van der Waals surface area (Å²) in [6.45, 7) is 1.72. The lowest BCUT2D eigenvalue weighted by atomic mass is 10.3. The van der Waals surface area contributed by atoms with E-state index < -0.39 is 5.91 Å². The number of aromatic nitrogens is 2. The smallest absolute Gasteiger partial charge is 0.289 e. The molecule has 1 amide bonds. The molecule has 0 radical (unpaired) electrons. The SMILES string of the molecule is Cc1nn(C)c(C(=O)NN(C(N)=S)c2ccccc2)c1Cl. The molecule has 110 valence electrons. The summed E-state index contributed by atoms with van der Waals surface area (Å²) in [5, 5.41) is 5.73. The number of anilines is 1. The number of hydrogen-bond acceptors (Lipinski definition) is 3. The van der Waals surface area contributed by atoms with Crippen LogP contribution in [0.25, 0.3) is 0 Å². The van der Waals surface area contributed by atoms with E-state index in [1.54, 1.807) is 26.1 Å². The van der Waals surface area contributed by atoms with Crippen molar-refractivity contribution in [3.05, 3.63) is 46.7 Å². The normalized spacial score (nSPS) is 10.2. The molecular formula is C13H14ClN5OS. The minimum Gasteiger partial charge on any atom is -0.374 e. The Hall–Kier alpha value is -2.12. The molecule has 3 N–H and O–H groups in total.